The number of benzene rings is 2. The number of aromatic hydroxyl groups is 2. The number of para-hydroxylation sites is 2. The average Bonchev–Trinajstić information content (AvgIpc) is 2.40. The van der Waals surface area contributed by atoms with E-state index in [-0.39, 0.29) is 22.8 Å². The van der Waals surface area contributed by atoms with E-state index < -0.39 is 12.7 Å². The number of nitrogens with one attached hydrogen (secondary N) is 1. The average molecular weight is 295 g/mol. The van der Waals surface area contributed by atoms with Crippen LogP contribution in [0.2, 0.25) is 0 Å². The van der Waals surface area contributed by atoms with E-state index in [4.69, 9.17) is 0 Å². The molecule has 0 radical (unpaired) electrons. The van der Waals surface area contributed by atoms with Crippen LogP contribution in [-0.4, -0.2) is 16.8 Å². The molecule has 2 aromatic rings. The van der Waals surface area contributed by atoms with Gasteiger partial charge in [-0.15, -0.1) is 0 Å². The lowest BCUT2D eigenvalue weighted by atomic mass is 10.1. The van der Waals surface area contributed by atoms with Crippen molar-refractivity contribution in [3.8, 4) is 17.2 Å². The zero-order chi connectivity index (χ0) is 15.4. The van der Waals surface area contributed by atoms with Gasteiger partial charge in [-0.1, -0.05) is 18.2 Å². The van der Waals surface area contributed by atoms with Crippen LogP contribution in [-0.2, 0) is 0 Å². The second-order valence-electron chi connectivity index (χ2n) is 4.45. The molecule has 6 heteroatoms. The van der Waals surface area contributed by atoms with E-state index in [2.05, 4.69) is 10.1 Å². The molecule has 0 amide bonds. The Hall–Kier alpha value is -2.50. The summed E-state index contributed by atoms with van der Waals surface area (Å²) in [5, 5.41) is 22.5. The van der Waals surface area contributed by atoms with Crippen molar-refractivity contribution in [1.29, 1.82) is 0 Å². The number of halogens is 2. The van der Waals surface area contributed by atoms with E-state index in [1.807, 2.05) is 0 Å². The minimum absolute atomic E-state index is 0.00531. The van der Waals surface area contributed by atoms with Crippen LogP contribution in [0.15, 0.2) is 42.5 Å². The Bertz CT molecular complexity index is 599. The highest BCUT2D eigenvalue weighted by Crippen LogP contribution is 2.36. The molecule has 0 fully saturated rings. The smallest absolute Gasteiger partial charge is 0.387 e. The molecule has 1 atom stereocenters. The first kappa shape index (κ1) is 14.9. The second-order valence-corrected chi connectivity index (χ2v) is 4.45. The summed E-state index contributed by atoms with van der Waals surface area (Å²) in [5.41, 5.74) is 0.623. The van der Waals surface area contributed by atoms with Gasteiger partial charge in [-0.05, 0) is 31.2 Å². The monoisotopic (exact) mass is 295 g/mol. The standard InChI is InChI=1S/C15H15F2NO3/c1-9(14-11(19)6-4-7-12(14)20)18-10-5-2-3-8-13(10)21-15(16)17/h2-9,15,18-20H,1H3. The van der Waals surface area contributed by atoms with Crippen molar-refractivity contribution in [3.05, 3.63) is 48.0 Å². The number of hydrogen-bond donors (Lipinski definition) is 3. The quantitative estimate of drug-likeness (QED) is 0.783. The van der Waals surface area contributed by atoms with Gasteiger partial charge in [0, 0.05) is 0 Å². The fourth-order valence-electron chi connectivity index (χ4n) is 2.07. The van der Waals surface area contributed by atoms with Crippen LogP contribution in [0.25, 0.3) is 0 Å². The SMILES string of the molecule is CC(Nc1ccccc1OC(F)F)c1c(O)cccc1O. The normalized spacial score (nSPS) is 12.2. The van der Waals surface area contributed by atoms with E-state index in [0.29, 0.717) is 5.69 Å². The third-order valence-electron chi connectivity index (χ3n) is 2.97. The van der Waals surface area contributed by atoms with Crippen LogP contribution >= 0.6 is 0 Å². The molecule has 21 heavy (non-hydrogen) atoms. The zero-order valence-electron chi connectivity index (χ0n) is 11.3. The van der Waals surface area contributed by atoms with E-state index in [0.717, 1.165) is 0 Å². The maximum atomic E-state index is 12.4. The van der Waals surface area contributed by atoms with Gasteiger partial charge in [0.25, 0.3) is 0 Å². The summed E-state index contributed by atoms with van der Waals surface area (Å²) in [6.07, 6.45) is 0. The van der Waals surface area contributed by atoms with Gasteiger partial charge in [0.2, 0.25) is 0 Å². The molecule has 2 rings (SSSR count). The molecular weight excluding hydrogens is 280 g/mol. The van der Waals surface area contributed by atoms with E-state index in [1.54, 1.807) is 25.1 Å². The molecule has 0 heterocycles. The Kier molecular flexibility index (Phi) is 4.47. The minimum atomic E-state index is -2.93. The molecule has 3 N–H and O–H groups in total. The molecule has 2 aromatic carbocycles. The second kappa shape index (κ2) is 6.30. The topological polar surface area (TPSA) is 61.7 Å². The fourth-order valence-corrected chi connectivity index (χ4v) is 2.07. The van der Waals surface area contributed by atoms with Gasteiger partial charge >= 0.3 is 6.61 Å². The summed E-state index contributed by atoms with van der Waals surface area (Å²) < 4.78 is 29.1. The van der Waals surface area contributed by atoms with Crippen molar-refractivity contribution in [2.45, 2.75) is 19.6 Å². The predicted molar refractivity (Wildman–Crippen MR) is 74.9 cm³/mol. The lowest BCUT2D eigenvalue weighted by molar-refractivity contribution is -0.0493. The van der Waals surface area contributed by atoms with E-state index in [1.165, 1.54) is 24.3 Å². The Labute approximate surface area is 120 Å². The maximum absolute atomic E-state index is 12.4. The van der Waals surface area contributed by atoms with Gasteiger partial charge in [-0.2, -0.15) is 8.78 Å². The Morgan fingerprint density at radius 2 is 1.62 bits per heavy atom. The number of alkyl halides is 2. The molecule has 0 saturated heterocycles. The molecule has 0 aliphatic carbocycles. The summed E-state index contributed by atoms with van der Waals surface area (Å²) in [4.78, 5) is 0. The van der Waals surface area contributed by atoms with Crippen LogP contribution in [0, 0.1) is 0 Å². The van der Waals surface area contributed by atoms with Crippen LogP contribution in [0.5, 0.6) is 17.2 Å². The lowest BCUT2D eigenvalue weighted by Crippen LogP contribution is -2.10. The fraction of sp³-hybridized carbons (Fsp3) is 0.200. The molecule has 0 spiro atoms. The molecule has 0 saturated carbocycles. The van der Waals surface area contributed by atoms with Gasteiger partial charge in [-0.3, -0.25) is 0 Å². The maximum Gasteiger partial charge on any atom is 0.387 e. The Morgan fingerprint density at radius 1 is 1.00 bits per heavy atom. The first-order valence-electron chi connectivity index (χ1n) is 6.30. The first-order chi connectivity index (χ1) is 9.99. The zero-order valence-corrected chi connectivity index (χ0v) is 11.3. The van der Waals surface area contributed by atoms with Gasteiger partial charge in [0.15, 0.2) is 0 Å². The number of ether oxygens (including phenoxy) is 1. The van der Waals surface area contributed by atoms with Crippen LogP contribution in [0.1, 0.15) is 18.5 Å². The van der Waals surface area contributed by atoms with Gasteiger partial charge in [-0.25, -0.2) is 0 Å². The molecule has 1 unspecified atom stereocenters. The van der Waals surface area contributed by atoms with Crippen molar-refractivity contribution in [3.63, 3.8) is 0 Å². The molecule has 0 bridgehead atoms. The van der Waals surface area contributed by atoms with Crippen LogP contribution in [0.4, 0.5) is 14.5 Å². The van der Waals surface area contributed by atoms with Crippen molar-refractivity contribution in [2.24, 2.45) is 0 Å². The number of phenols is 2. The summed E-state index contributed by atoms with van der Waals surface area (Å²) in [5.74, 6) is -0.168. The third kappa shape index (κ3) is 3.53. The summed E-state index contributed by atoms with van der Waals surface area (Å²) in [6, 6.07) is 10.1. The third-order valence-corrected chi connectivity index (χ3v) is 2.97. The van der Waals surface area contributed by atoms with Gasteiger partial charge in [0.1, 0.15) is 17.2 Å². The van der Waals surface area contributed by atoms with Crippen LogP contribution < -0.4 is 10.1 Å². The van der Waals surface area contributed by atoms with E-state index in [9.17, 15) is 19.0 Å². The molecule has 0 aliphatic heterocycles. The molecule has 0 aliphatic rings. The summed E-state index contributed by atoms with van der Waals surface area (Å²) in [7, 11) is 0. The number of phenolic OH excluding ortho intramolecular Hbond substituents is 2. The first-order valence-corrected chi connectivity index (χ1v) is 6.30. The Balaban J connectivity index is 2.26. The van der Waals surface area contributed by atoms with Crippen molar-refractivity contribution in [2.75, 3.05) is 5.32 Å². The summed E-state index contributed by atoms with van der Waals surface area (Å²) in [6.45, 7) is -1.24. The lowest BCUT2D eigenvalue weighted by Gasteiger charge is -2.20. The number of rotatable bonds is 5. The van der Waals surface area contributed by atoms with Gasteiger partial charge in [0.05, 0.1) is 17.3 Å². The number of hydrogen-bond acceptors (Lipinski definition) is 4. The van der Waals surface area contributed by atoms with Gasteiger partial charge < -0.3 is 20.3 Å². The van der Waals surface area contributed by atoms with Crippen molar-refractivity contribution >= 4 is 5.69 Å². The van der Waals surface area contributed by atoms with E-state index >= 15 is 0 Å². The highest BCUT2D eigenvalue weighted by molar-refractivity contribution is 5.59. The van der Waals surface area contributed by atoms with Crippen molar-refractivity contribution < 1.29 is 23.7 Å². The van der Waals surface area contributed by atoms with Crippen molar-refractivity contribution in [1.82, 2.24) is 0 Å². The highest BCUT2D eigenvalue weighted by Gasteiger charge is 2.17. The molecule has 0 aromatic heterocycles. The van der Waals surface area contributed by atoms with Crippen LogP contribution in [0.3, 0.4) is 0 Å². The molecular formula is C15H15F2NO3. The molecule has 4 nitrogen and oxygen atoms in total. The Morgan fingerprint density at radius 3 is 2.24 bits per heavy atom. The predicted octanol–water partition coefficient (Wildman–Crippen LogP) is 3.87. The summed E-state index contributed by atoms with van der Waals surface area (Å²) >= 11 is 0. The minimum Gasteiger partial charge on any atom is -0.507 e. The largest absolute Gasteiger partial charge is 0.507 e. The highest BCUT2D eigenvalue weighted by atomic mass is 19.3. The molecule has 112 valence electrons. The number of anilines is 1.